The van der Waals surface area contributed by atoms with Crippen LogP contribution in [0, 0.1) is 12.8 Å². The monoisotopic (exact) mass is 385 g/mol. The number of rotatable bonds is 7. The van der Waals surface area contributed by atoms with Gasteiger partial charge >= 0.3 is 12.0 Å². The van der Waals surface area contributed by atoms with Crippen molar-refractivity contribution in [2.75, 3.05) is 6.61 Å². The van der Waals surface area contributed by atoms with E-state index in [4.69, 9.17) is 20.5 Å². The standard InChI is InChI=1S/C10H17N5O6.C4H8.C2H2/c1-4(17)7(9(18)19)14-10(20)12-2-6-13-8(15-21-6)5(11)3-16;1-3-4-2;1-2/h4-5,7,16-17H,2-3,11H2,1H3,(H,18,19)(H2,12,14,20);3-4H,1-2H3;1-2H/b;4-3+;/t4?,5-,7?;;/m0../s1. The summed E-state index contributed by atoms with van der Waals surface area (Å²) in [6, 6.07) is -3.05. The zero-order valence-electron chi connectivity index (χ0n) is 15.5. The molecule has 0 bridgehead atoms. The Morgan fingerprint density at radius 2 is 1.89 bits per heavy atom. The van der Waals surface area contributed by atoms with Crippen LogP contribution in [0.4, 0.5) is 4.79 Å². The quantitative estimate of drug-likeness (QED) is 0.266. The first-order chi connectivity index (χ1) is 12.8. The number of hydrogen-bond donors (Lipinski definition) is 6. The Bertz CT molecular complexity index is 595. The summed E-state index contributed by atoms with van der Waals surface area (Å²) in [7, 11) is 0. The number of allylic oxidation sites excluding steroid dienone is 2. The first-order valence-corrected chi connectivity index (χ1v) is 7.81. The second-order valence-electron chi connectivity index (χ2n) is 4.89. The van der Waals surface area contributed by atoms with Gasteiger partial charge in [-0.2, -0.15) is 4.98 Å². The van der Waals surface area contributed by atoms with Crippen molar-refractivity contribution < 1.29 is 29.4 Å². The van der Waals surface area contributed by atoms with E-state index in [2.05, 4.69) is 33.6 Å². The Hall–Kier alpha value is -2.94. The van der Waals surface area contributed by atoms with E-state index in [-0.39, 0.29) is 24.9 Å². The van der Waals surface area contributed by atoms with Crippen LogP contribution >= 0.6 is 0 Å². The third-order valence-electron chi connectivity index (χ3n) is 2.78. The van der Waals surface area contributed by atoms with Crippen LogP contribution in [-0.2, 0) is 11.3 Å². The largest absolute Gasteiger partial charge is 0.480 e. The molecule has 11 heteroatoms. The molecule has 1 aromatic rings. The van der Waals surface area contributed by atoms with Crippen LogP contribution in [0.25, 0.3) is 0 Å². The van der Waals surface area contributed by atoms with Gasteiger partial charge in [-0.05, 0) is 20.8 Å². The molecule has 0 saturated carbocycles. The second-order valence-corrected chi connectivity index (χ2v) is 4.89. The predicted molar refractivity (Wildman–Crippen MR) is 97.2 cm³/mol. The van der Waals surface area contributed by atoms with Gasteiger partial charge in [0.1, 0.15) is 0 Å². The van der Waals surface area contributed by atoms with Crippen LogP contribution in [0.3, 0.4) is 0 Å². The molecule has 0 aliphatic heterocycles. The average Bonchev–Trinajstić information content (AvgIpc) is 3.14. The van der Waals surface area contributed by atoms with Gasteiger partial charge in [-0.25, -0.2) is 9.59 Å². The number of nitrogens with two attached hydrogens (primary N) is 1. The molecule has 0 aromatic carbocycles. The zero-order chi connectivity index (χ0) is 21.4. The minimum Gasteiger partial charge on any atom is -0.480 e. The molecule has 3 atom stereocenters. The first kappa shape index (κ1) is 26.3. The summed E-state index contributed by atoms with van der Waals surface area (Å²) in [5.41, 5.74) is 5.47. The van der Waals surface area contributed by atoms with Crippen molar-refractivity contribution in [2.45, 2.75) is 45.5 Å². The minimum atomic E-state index is -1.44. The van der Waals surface area contributed by atoms with Crippen molar-refractivity contribution in [1.82, 2.24) is 20.8 Å². The van der Waals surface area contributed by atoms with Crippen molar-refractivity contribution in [3.8, 4) is 12.8 Å². The summed E-state index contributed by atoms with van der Waals surface area (Å²) in [5.74, 6) is -1.25. The number of carboxylic acid groups (broad SMARTS) is 1. The molecular weight excluding hydrogens is 358 g/mol. The molecule has 152 valence electrons. The molecule has 0 radical (unpaired) electrons. The molecule has 0 spiro atoms. The number of aliphatic hydroxyl groups is 2. The number of terminal acetylenes is 1. The normalized spacial score (nSPS) is 13.2. The van der Waals surface area contributed by atoms with Crippen molar-refractivity contribution in [3.63, 3.8) is 0 Å². The van der Waals surface area contributed by atoms with Gasteiger partial charge in [0.25, 0.3) is 0 Å². The molecule has 7 N–H and O–H groups in total. The zero-order valence-corrected chi connectivity index (χ0v) is 15.5. The van der Waals surface area contributed by atoms with Crippen LogP contribution in [-0.4, -0.2) is 56.2 Å². The van der Waals surface area contributed by atoms with Crippen molar-refractivity contribution in [3.05, 3.63) is 23.9 Å². The summed E-state index contributed by atoms with van der Waals surface area (Å²) in [5, 5.41) is 34.7. The molecule has 1 heterocycles. The van der Waals surface area contributed by atoms with E-state index in [1.807, 2.05) is 26.0 Å². The van der Waals surface area contributed by atoms with Gasteiger partial charge in [0, 0.05) is 0 Å². The molecule has 0 saturated heterocycles. The fraction of sp³-hybridized carbons (Fsp3) is 0.500. The molecule has 1 aromatic heterocycles. The highest BCUT2D eigenvalue weighted by Crippen LogP contribution is 2.04. The Kier molecular flexibility index (Phi) is 14.9. The van der Waals surface area contributed by atoms with Crippen LogP contribution in [0.1, 0.15) is 38.5 Å². The third-order valence-corrected chi connectivity index (χ3v) is 2.78. The van der Waals surface area contributed by atoms with E-state index in [0.29, 0.717) is 0 Å². The third kappa shape index (κ3) is 11.3. The first-order valence-electron chi connectivity index (χ1n) is 7.81. The highest BCUT2D eigenvalue weighted by molar-refractivity contribution is 5.82. The number of aliphatic hydroxyl groups excluding tert-OH is 2. The summed E-state index contributed by atoms with van der Waals surface area (Å²) in [6.07, 6.45) is 10.7. The number of urea groups is 1. The van der Waals surface area contributed by atoms with Crippen molar-refractivity contribution >= 4 is 12.0 Å². The van der Waals surface area contributed by atoms with Crippen LogP contribution in [0.2, 0.25) is 0 Å². The minimum absolute atomic E-state index is 0.0352. The van der Waals surface area contributed by atoms with E-state index in [9.17, 15) is 14.7 Å². The van der Waals surface area contributed by atoms with E-state index in [1.54, 1.807) is 0 Å². The lowest BCUT2D eigenvalue weighted by molar-refractivity contribution is -0.141. The van der Waals surface area contributed by atoms with E-state index in [0.717, 1.165) is 0 Å². The van der Waals surface area contributed by atoms with Crippen molar-refractivity contribution in [1.29, 1.82) is 0 Å². The fourth-order valence-corrected chi connectivity index (χ4v) is 1.31. The van der Waals surface area contributed by atoms with Gasteiger partial charge in [0.15, 0.2) is 11.9 Å². The Labute approximate surface area is 157 Å². The number of amides is 2. The molecule has 2 unspecified atom stereocenters. The SMILES string of the molecule is C#C.C/C=C/C.CC(O)C(NC(=O)NCc1nc([C@@H](N)CO)no1)C(=O)O. The molecule has 0 aliphatic rings. The molecule has 11 nitrogen and oxygen atoms in total. The lowest BCUT2D eigenvalue weighted by Crippen LogP contribution is -2.51. The number of nitrogens with one attached hydrogen (secondary N) is 2. The van der Waals surface area contributed by atoms with Crippen LogP contribution in [0.15, 0.2) is 16.7 Å². The number of carbonyl (C=O) groups is 2. The molecule has 27 heavy (non-hydrogen) atoms. The van der Waals surface area contributed by atoms with Gasteiger partial charge in [-0.1, -0.05) is 17.3 Å². The van der Waals surface area contributed by atoms with Crippen molar-refractivity contribution in [2.24, 2.45) is 5.73 Å². The molecule has 1 rings (SSSR count). The number of carboxylic acids is 1. The Morgan fingerprint density at radius 3 is 2.30 bits per heavy atom. The summed E-state index contributed by atoms with van der Waals surface area (Å²) < 4.78 is 4.78. The summed E-state index contributed by atoms with van der Waals surface area (Å²) in [6.45, 7) is 4.71. The van der Waals surface area contributed by atoms with E-state index >= 15 is 0 Å². The van der Waals surface area contributed by atoms with Crippen LogP contribution < -0.4 is 16.4 Å². The van der Waals surface area contributed by atoms with Gasteiger partial charge < -0.3 is 36.2 Å². The van der Waals surface area contributed by atoms with Crippen LogP contribution in [0.5, 0.6) is 0 Å². The van der Waals surface area contributed by atoms with Gasteiger partial charge in [0.2, 0.25) is 5.89 Å². The molecular formula is C16H27N5O6. The van der Waals surface area contributed by atoms with E-state index in [1.165, 1.54) is 6.92 Å². The highest BCUT2D eigenvalue weighted by Gasteiger charge is 2.25. The van der Waals surface area contributed by atoms with E-state index < -0.39 is 30.2 Å². The van der Waals surface area contributed by atoms with Gasteiger partial charge in [-0.3, -0.25) is 0 Å². The number of carbonyl (C=O) groups excluding carboxylic acids is 1. The maximum absolute atomic E-state index is 11.5. The maximum atomic E-state index is 11.5. The fourth-order valence-electron chi connectivity index (χ4n) is 1.31. The number of aliphatic carboxylic acids is 1. The predicted octanol–water partition coefficient (Wildman–Crippen LogP) is -0.473. The molecule has 0 fully saturated rings. The average molecular weight is 385 g/mol. The molecule has 2 amide bonds. The maximum Gasteiger partial charge on any atom is 0.328 e. The topological polar surface area (TPSA) is 184 Å². The summed E-state index contributed by atoms with van der Waals surface area (Å²) in [4.78, 5) is 26.1. The molecule has 0 aliphatic carbocycles. The smallest absolute Gasteiger partial charge is 0.328 e. The highest BCUT2D eigenvalue weighted by atomic mass is 16.5. The number of hydrogen-bond acceptors (Lipinski definition) is 8. The Morgan fingerprint density at radius 1 is 1.33 bits per heavy atom. The number of aromatic nitrogens is 2. The Balaban J connectivity index is 0. The van der Waals surface area contributed by atoms with Gasteiger partial charge in [0.05, 0.1) is 25.3 Å². The summed E-state index contributed by atoms with van der Waals surface area (Å²) >= 11 is 0. The number of nitrogens with zero attached hydrogens (tertiary/aromatic N) is 2. The van der Waals surface area contributed by atoms with Gasteiger partial charge in [-0.15, -0.1) is 12.8 Å². The lowest BCUT2D eigenvalue weighted by Gasteiger charge is -2.16. The lowest BCUT2D eigenvalue weighted by atomic mass is 10.2. The second kappa shape index (κ2) is 15.3.